The molecule has 2 heterocycles. The number of hydrogen-bond donors (Lipinski definition) is 1. The highest BCUT2D eigenvalue weighted by atomic mass is 31.2. The Kier molecular flexibility index (Phi) is 11.2. The summed E-state index contributed by atoms with van der Waals surface area (Å²) in [6.45, 7) is 2.60. The zero-order valence-electron chi connectivity index (χ0n) is 26.8. The average molecular weight is 651 g/mol. The van der Waals surface area contributed by atoms with Gasteiger partial charge in [-0.2, -0.15) is 9.97 Å². The maximum Gasteiger partial charge on any atom is 0.415 e. The minimum Gasteiger partial charge on any atom is -0.492 e. The second kappa shape index (κ2) is 15.9. The van der Waals surface area contributed by atoms with Crippen molar-refractivity contribution in [3.63, 3.8) is 0 Å². The van der Waals surface area contributed by atoms with E-state index in [2.05, 4.69) is 46.4 Å². The third-order valence-corrected chi connectivity index (χ3v) is 11.1. The fourth-order valence-corrected chi connectivity index (χ4v) is 8.69. The van der Waals surface area contributed by atoms with Crippen molar-refractivity contribution in [2.75, 3.05) is 44.5 Å². The normalized spacial score (nSPS) is 16.4. The van der Waals surface area contributed by atoms with Gasteiger partial charge >= 0.3 is 12.1 Å². The van der Waals surface area contributed by atoms with Crippen molar-refractivity contribution in [1.29, 1.82) is 0 Å². The summed E-state index contributed by atoms with van der Waals surface area (Å²) in [7, 11) is 0.163. The zero-order valence-corrected chi connectivity index (χ0v) is 27.7. The fraction of sp³-hybridized carbons (Fsp3) is 0.222. The van der Waals surface area contributed by atoms with Gasteiger partial charge in [0.15, 0.2) is 11.6 Å². The van der Waals surface area contributed by atoms with Crippen molar-refractivity contribution in [2.45, 2.75) is 19.8 Å². The Morgan fingerprint density at radius 1 is 0.936 bits per heavy atom. The number of carbonyl (C=O) groups excluding carboxylic acids is 1. The van der Waals surface area contributed by atoms with Crippen LogP contribution in [0.5, 0.6) is 6.01 Å². The summed E-state index contributed by atoms with van der Waals surface area (Å²) in [5, 5.41) is 3.00. The van der Waals surface area contributed by atoms with Gasteiger partial charge in [-0.1, -0.05) is 110 Å². The molecule has 0 spiro atoms. The molecular weight excluding hydrogens is 611 g/mol. The number of nitrogens with zero attached hydrogens (tertiary/aromatic N) is 5. The first-order valence-electron chi connectivity index (χ1n) is 15.4. The summed E-state index contributed by atoms with van der Waals surface area (Å²) in [5.74, 6) is 0.854. The molecule has 4 aromatic rings. The molecule has 5 rings (SSSR count). The number of allylic oxidation sites excluding steroid dienone is 1. The monoisotopic (exact) mass is 650 g/mol. The van der Waals surface area contributed by atoms with E-state index in [-0.39, 0.29) is 36.5 Å². The average Bonchev–Trinajstić information content (AvgIpc) is 3.12. The summed E-state index contributed by atoms with van der Waals surface area (Å²) in [4.78, 5) is 28.6. The molecule has 47 heavy (non-hydrogen) atoms. The number of hydrogen-bond acceptors (Lipinski definition) is 9. The maximum absolute atomic E-state index is 13.4. The molecule has 0 saturated carbocycles. The zero-order chi connectivity index (χ0) is 33.1. The number of nitrogen functional groups attached to an aromatic ring is 1. The summed E-state index contributed by atoms with van der Waals surface area (Å²) < 4.78 is 22.8. The Morgan fingerprint density at radius 2 is 1.53 bits per heavy atom. The fourth-order valence-electron chi connectivity index (χ4n) is 5.20. The van der Waals surface area contributed by atoms with E-state index < -0.39 is 13.1 Å². The molecule has 242 valence electrons. The van der Waals surface area contributed by atoms with Crippen LogP contribution >= 0.6 is 7.05 Å². The van der Waals surface area contributed by atoms with Crippen LogP contribution in [0.15, 0.2) is 125 Å². The van der Waals surface area contributed by atoms with Crippen molar-refractivity contribution < 1.29 is 19.0 Å². The Morgan fingerprint density at radius 3 is 2.06 bits per heavy atom. The van der Waals surface area contributed by atoms with Crippen LogP contribution in [0, 0.1) is 0 Å². The summed E-state index contributed by atoms with van der Waals surface area (Å²) >= 11 is 0. The summed E-state index contributed by atoms with van der Waals surface area (Å²) in [6.07, 6.45) is 6.45. The molecule has 0 fully saturated rings. The SMILES string of the molecule is CC/C=C1/OCC/C=C\COc2nc(N=P(c3ccccc3)(c3ccccc3)c3ccccc3)c(N)c(n2)N(C(=O)OC)CC1=NC. The summed E-state index contributed by atoms with van der Waals surface area (Å²) in [6, 6.07) is 30.4. The Hall–Kier alpha value is -5.21. The van der Waals surface area contributed by atoms with Crippen LogP contribution in [0.1, 0.15) is 19.8 Å². The van der Waals surface area contributed by atoms with Gasteiger partial charge < -0.3 is 19.9 Å². The molecule has 0 unspecified atom stereocenters. The van der Waals surface area contributed by atoms with Crippen molar-refractivity contribution in [2.24, 2.45) is 9.74 Å². The highest BCUT2D eigenvalue weighted by Crippen LogP contribution is 2.50. The lowest BCUT2D eigenvalue weighted by atomic mass is 10.2. The third kappa shape index (κ3) is 7.45. The number of ether oxygens (including phenoxy) is 3. The van der Waals surface area contributed by atoms with E-state index in [1.165, 1.54) is 12.0 Å². The number of rotatable bonds is 5. The van der Waals surface area contributed by atoms with Crippen molar-refractivity contribution in [1.82, 2.24) is 9.97 Å². The largest absolute Gasteiger partial charge is 0.492 e. The first kappa shape index (κ1) is 33.2. The van der Waals surface area contributed by atoms with E-state index in [9.17, 15) is 4.79 Å². The number of benzene rings is 3. The van der Waals surface area contributed by atoms with Gasteiger partial charge in [0.2, 0.25) is 0 Å². The minimum absolute atomic E-state index is 0.0198. The van der Waals surface area contributed by atoms with Crippen LogP contribution in [0.2, 0.25) is 0 Å². The molecule has 2 bridgehead atoms. The molecule has 1 aliphatic heterocycles. The number of amides is 1. The van der Waals surface area contributed by atoms with Crippen LogP contribution in [-0.4, -0.2) is 55.7 Å². The maximum atomic E-state index is 13.4. The molecule has 0 radical (unpaired) electrons. The first-order valence-corrected chi connectivity index (χ1v) is 17.1. The van der Waals surface area contributed by atoms with Gasteiger partial charge in [-0.15, -0.1) is 0 Å². The molecule has 1 amide bonds. The number of aromatic nitrogens is 2. The molecule has 0 aliphatic carbocycles. The first-order chi connectivity index (χ1) is 23.0. The van der Waals surface area contributed by atoms with Crippen LogP contribution < -0.4 is 31.3 Å². The standard InChI is InChI=1S/C36H39N6O4P/c1-4-17-31-30(38-2)26-42(36(43)44-3)34-32(37)33(39-35(40-34)46-25-16-8-15-24-45-31)41-47(27-18-9-5-10-19-27,28-20-11-6-12-21-28)29-22-13-7-14-23-29/h5-14,16-23H,4,15,24-26,37H2,1-3H3/b16-8-,31-17+,38-30?. The van der Waals surface area contributed by atoms with E-state index in [1.54, 1.807) is 7.05 Å². The van der Waals surface area contributed by atoms with E-state index in [1.807, 2.05) is 79.7 Å². The second-order valence-electron chi connectivity index (χ2n) is 10.4. The molecule has 1 aromatic heterocycles. The lowest BCUT2D eigenvalue weighted by Crippen LogP contribution is -2.38. The molecule has 1 aliphatic rings. The quantitative estimate of drug-likeness (QED) is 0.203. The van der Waals surface area contributed by atoms with E-state index >= 15 is 0 Å². The van der Waals surface area contributed by atoms with E-state index in [4.69, 9.17) is 29.7 Å². The third-order valence-electron chi connectivity index (χ3n) is 7.44. The van der Waals surface area contributed by atoms with E-state index in [0.29, 0.717) is 30.9 Å². The van der Waals surface area contributed by atoms with Gasteiger partial charge in [-0.05, 0) is 18.9 Å². The summed E-state index contributed by atoms with van der Waals surface area (Å²) in [5.41, 5.74) is 7.55. The second-order valence-corrected chi connectivity index (χ2v) is 13.5. The lowest BCUT2D eigenvalue weighted by Gasteiger charge is -2.28. The highest BCUT2D eigenvalue weighted by molar-refractivity contribution is 7.87. The van der Waals surface area contributed by atoms with Gasteiger partial charge in [-0.3, -0.25) is 9.89 Å². The number of carbonyl (C=O) groups is 1. The number of anilines is 2. The Labute approximate surface area is 275 Å². The van der Waals surface area contributed by atoms with Crippen molar-refractivity contribution >= 4 is 52.1 Å². The predicted octanol–water partition coefficient (Wildman–Crippen LogP) is 6.16. The van der Waals surface area contributed by atoms with Crippen LogP contribution in [0.4, 0.5) is 22.1 Å². The minimum atomic E-state index is -2.79. The predicted molar refractivity (Wildman–Crippen MR) is 190 cm³/mol. The molecule has 0 atom stereocenters. The van der Waals surface area contributed by atoms with Crippen LogP contribution in [0.25, 0.3) is 0 Å². The van der Waals surface area contributed by atoms with Gasteiger partial charge in [0.1, 0.15) is 18.1 Å². The Bertz CT molecular complexity index is 1710. The molecular formula is C36H39N6O4P. The smallest absolute Gasteiger partial charge is 0.415 e. The number of nitrogens with two attached hydrogens (primary N) is 1. The topological polar surface area (TPSA) is 125 Å². The van der Waals surface area contributed by atoms with E-state index in [0.717, 1.165) is 15.9 Å². The van der Waals surface area contributed by atoms with Crippen LogP contribution in [-0.2, 0) is 9.47 Å². The van der Waals surface area contributed by atoms with Crippen LogP contribution in [0.3, 0.4) is 0 Å². The number of methoxy groups -OCH3 is 1. The lowest BCUT2D eigenvalue weighted by molar-refractivity contribution is 0.179. The molecule has 10 nitrogen and oxygen atoms in total. The molecule has 3 aromatic carbocycles. The van der Waals surface area contributed by atoms with Gasteiger partial charge in [0, 0.05) is 23.0 Å². The van der Waals surface area contributed by atoms with Gasteiger partial charge in [0.05, 0.1) is 33.0 Å². The van der Waals surface area contributed by atoms with Gasteiger partial charge in [-0.25, -0.2) is 9.54 Å². The molecule has 0 saturated heterocycles. The Balaban J connectivity index is 1.84. The number of aliphatic imine (C=N–C) groups is 1. The van der Waals surface area contributed by atoms with Gasteiger partial charge in [0.25, 0.3) is 0 Å². The molecule has 2 N–H and O–H groups in total. The number of fused-ring (bicyclic) bond motifs is 2. The molecule has 11 heteroatoms. The van der Waals surface area contributed by atoms with Crippen molar-refractivity contribution in [3.8, 4) is 6.01 Å². The highest BCUT2D eigenvalue weighted by Gasteiger charge is 2.31. The van der Waals surface area contributed by atoms with Crippen molar-refractivity contribution in [3.05, 3.63) is 115 Å².